The molecule has 76 valence electrons. The van der Waals surface area contributed by atoms with Crippen molar-refractivity contribution in [1.82, 2.24) is 0 Å². The van der Waals surface area contributed by atoms with Gasteiger partial charge in [-0.05, 0) is 19.8 Å². The van der Waals surface area contributed by atoms with Crippen molar-refractivity contribution in [2.24, 2.45) is 5.73 Å². The number of hydrogen-bond donors (Lipinski definition) is 1. The summed E-state index contributed by atoms with van der Waals surface area (Å²) in [5, 5.41) is 0. The quantitative estimate of drug-likeness (QED) is 0.659. The monoisotopic (exact) mass is 185 g/mol. The maximum atomic E-state index is 5.90. The maximum absolute atomic E-state index is 5.90. The van der Waals surface area contributed by atoms with Crippen molar-refractivity contribution in [1.29, 1.82) is 0 Å². The largest absolute Gasteiger partial charge is 0.350 e. The van der Waals surface area contributed by atoms with Gasteiger partial charge < -0.3 is 15.2 Å². The molecule has 0 aromatic rings. The van der Waals surface area contributed by atoms with Crippen LogP contribution in [0.1, 0.15) is 26.2 Å². The van der Waals surface area contributed by atoms with Crippen LogP contribution in [0.2, 0.25) is 0 Å². The number of allylic oxidation sites excluding steroid dienone is 1. The zero-order valence-corrected chi connectivity index (χ0v) is 8.29. The van der Waals surface area contributed by atoms with E-state index in [0.717, 1.165) is 19.3 Å². The van der Waals surface area contributed by atoms with Crippen LogP contribution in [0.5, 0.6) is 0 Å². The molecule has 1 rings (SSSR count). The number of rotatable bonds is 5. The second kappa shape index (κ2) is 5.37. The normalized spacial score (nSPS) is 20.5. The third kappa shape index (κ3) is 4.41. The van der Waals surface area contributed by atoms with E-state index in [-0.39, 0.29) is 12.3 Å². The van der Waals surface area contributed by atoms with E-state index in [0.29, 0.717) is 13.2 Å². The molecule has 1 heterocycles. The van der Waals surface area contributed by atoms with Crippen molar-refractivity contribution in [3.63, 3.8) is 0 Å². The van der Waals surface area contributed by atoms with Gasteiger partial charge in [0.2, 0.25) is 0 Å². The van der Waals surface area contributed by atoms with Crippen LogP contribution in [0.15, 0.2) is 12.2 Å². The third-order valence-electron chi connectivity index (χ3n) is 2.13. The van der Waals surface area contributed by atoms with Gasteiger partial charge in [0.1, 0.15) is 0 Å². The molecule has 1 fully saturated rings. The zero-order chi connectivity index (χ0) is 9.68. The Balaban J connectivity index is 2.09. The SMILES string of the molecule is C=C(C)CCC(N)CC1OCCO1. The van der Waals surface area contributed by atoms with Crippen LogP contribution in [0.4, 0.5) is 0 Å². The molecule has 13 heavy (non-hydrogen) atoms. The molecule has 3 nitrogen and oxygen atoms in total. The van der Waals surface area contributed by atoms with Gasteiger partial charge in [0, 0.05) is 12.5 Å². The summed E-state index contributed by atoms with van der Waals surface area (Å²) in [7, 11) is 0. The first kappa shape index (κ1) is 10.7. The molecule has 0 saturated carbocycles. The summed E-state index contributed by atoms with van der Waals surface area (Å²) in [6.07, 6.45) is 2.69. The summed E-state index contributed by atoms with van der Waals surface area (Å²) in [6, 6.07) is 0.166. The lowest BCUT2D eigenvalue weighted by Crippen LogP contribution is -2.26. The van der Waals surface area contributed by atoms with Crippen molar-refractivity contribution >= 4 is 0 Å². The van der Waals surface area contributed by atoms with Gasteiger partial charge >= 0.3 is 0 Å². The summed E-state index contributed by atoms with van der Waals surface area (Å²) in [5.41, 5.74) is 7.08. The van der Waals surface area contributed by atoms with Crippen molar-refractivity contribution < 1.29 is 9.47 Å². The molecule has 0 amide bonds. The predicted octanol–water partition coefficient (Wildman–Crippen LogP) is 1.43. The van der Waals surface area contributed by atoms with Gasteiger partial charge in [-0.3, -0.25) is 0 Å². The molecule has 0 aliphatic carbocycles. The first-order chi connectivity index (χ1) is 6.18. The van der Waals surface area contributed by atoms with Crippen LogP contribution >= 0.6 is 0 Å². The average Bonchev–Trinajstić information content (AvgIpc) is 2.53. The van der Waals surface area contributed by atoms with Crippen molar-refractivity contribution in [2.75, 3.05) is 13.2 Å². The third-order valence-corrected chi connectivity index (χ3v) is 2.13. The van der Waals surface area contributed by atoms with Crippen LogP contribution in [-0.2, 0) is 9.47 Å². The van der Waals surface area contributed by atoms with E-state index in [1.165, 1.54) is 5.57 Å². The molecule has 2 N–H and O–H groups in total. The van der Waals surface area contributed by atoms with Gasteiger partial charge in [-0.2, -0.15) is 0 Å². The zero-order valence-electron chi connectivity index (χ0n) is 8.29. The van der Waals surface area contributed by atoms with Crippen LogP contribution in [0.25, 0.3) is 0 Å². The lowest BCUT2D eigenvalue weighted by molar-refractivity contribution is -0.0508. The Kier molecular flexibility index (Phi) is 4.42. The Bertz CT molecular complexity index is 164. The molecule has 1 atom stereocenters. The second-order valence-electron chi connectivity index (χ2n) is 3.66. The van der Waals surface area contributed by atoms with Crippen LogP contribution < -0.4 is 5.73 Å². The smallest absolute Gasteiger partial charge is 0.159 e. The van der Waals surface area contributed by atoms with E-state index in [9.17, 15) is 0 Å². The maximum Gasteiger partial charge on any atom is 0.159 e. The highest BCUT2D eigenvalue weighted by Gasteiger charge is 2.18. The fourth-order valence-electron chi connectivity index (χ4n) is 1.34. The van der Waals surface area contributed by atoms with Gasteiger partial charge in [0.05, 0.1) is 13.2 Å². The first-order valence-electron chi connectivity index (χ1n) is 4.81. The van der Waals surface area contributed by atoms with Gasteiger partial charge in [-0.25, -0.2) is 0 Å². The van der Waals surface area contributed by atoms with Crippen LogP contribution in [0.3, 0.4) is 0 Å². The minimum atomic E-state index is -0.0693. The fraction of sp³-hybridized carbons (Fsp3) is 0.800. The molecule has 1 unspecified atom stereocenters. The van der Waals surface area contributed by atoms with Gasteiger partial charge in [0.15, 0.2) is 6.29 Å². The van der Waals surface area contributed by atoms with Crippen molar-refractivity contribution in [2.45, 2.75) is 38.5 Å². The standard InChI is InChI=1S/C10H19NO2/c1-8(2)3-4-9(11)7-10-12-5-6-13-10/h9-10H,1,3-7,11H2,2H3. The topological polar surface area (TPSA) is 44.5 Å². The lowest BCUT2D eigenvalue weighted by Gasteiger charge is -2.15. The average molecular weight is 185 g/mol. The highest BCUT2D eigenvalue weighted by molar-refractivity contribution is 4.88. The van der Waals surface area contributed by atoms with E-state index in [1.807, 2.05) is 6.92 Å². The summed E-state index contributed by atoms with van der Waals surface area (Å²) in [5.74, 6) is 0. The first-order valence-corrected chi connectivity index (χ1v) is 4.81. The Hall–Kier alpha value is -0.380. The Morgan fingerprint density at radius 1 is 1.54 bits per heavy atom. The molecule has 0 spiro atoms. The van der Waals surface area contributed by atoms with Gasteiger partial charge in [-0.15, -0.1) is 6.58 Å². The minimum absolute atomic E-state index is 0.0693. The van der Waals surface area contributed by atoms with Crippen molar-refractivity contribution in [3.05, 3.63) is 12.2 Å². The molecule has 1 saturated heterocycles. The molecular weight excluding hydrogens is 166 g/mol. The number of nitrogens with two attached hydrogens (primary N) is 1. The molecular formula is C10H19NO2. The number of ether oxygens (including phenoxy) is 2. The lowest BCUT2D eigenvalue weighted by atomic mass is 10.1. The summed E-state index contributed by atoms with van der Waals surface area (Å²) in [6.45, 7) is 7.28. The Morgan fingerprint density at radius 2 is 2.15 bits per heavy atom. The molecule has 0 aromatic heterocycles. The molecule has 1 aliphatic heterocycles. The van der Waals surface area contributed by atoms with Gasteiger partial charge in [-0.1, -0.05) is 5.57 Å². The van der Waals surface area contributed by atoms with E-state index in [4.69, 9.17) is 15.2 Å². The van der Waals surface area contributed by atoms with Crippen LogP contribution in [0, 0.1) is 0 Å². The predicted molar refractivity (Wildman–Crippen MR) is 52.3 cm³/mol. The van der Waals surface area contributed by atoms with Crippen LogP contribution in [-0.4, -0.2) is 25.5 Å². The molecule has 3 heteroatoms. The minimum Gasteiger partial charge on any atom is -0.350 e. The van der Waals surface area contributed by atoms with E-state index in [1.54, 1.807) is 0 Å². The highest BCUT2D eigenvalue weighted by atomic mass is 16.7. The van der Waals surface area contributed by atoms with Crippen molar-refractivity contribution in [3.8, 4) is 0 Å². The van der Waals surface area contributed by atoms with E-state index < -0.39 is 0 Å². The molecule has 0 aromatic carbocycles. The van der Waals surface area contributed by atoms with E-state index in [2.05, 4.69) is 6.58 Å². The summed E-state index contributed by atoms with van der Waals surface area (Å²) in [4.78, 5) is 0. The Morgan fingerprint density at radius 3 is 2.69 bits per heavy atom. The van der Waals surface area contributed by atoms with E-state index >= 15 is 0 Å². The molecule has 0 bridgehead atoms. The summed E-state index contributed by atoms with van der Waals surface area (Å²) < 4.78 is 10.6. The van der Waals surface area contributed by atoms with Gasteiger partial charge in [0.25, 0.3) is 0 Å². The summed E-state index contributed by atoms with van der Waals surface area (Å²) >= 11 is 0. The highest BCUT2D eigenvalue weighted by Crippen LogP contribution is 2.13. The number of hydrogen-bond acceptors (Lipinski definition) is 3. The second-order valence-corrected chi connectivity index (χ2v) is 3.66. The fourth-order valence-corrected chi connectivity index (χ4v) is 1.34. The molecule has 1 aliphatic rings. The Labute approximate surface area is 79.9 Å². The molecule has 0 radical (unpaired) electrons.